The van der Waals surface area contributed by atoms with Crippen LogP contribution in [0.4, 0.5) is 10.1 Å². The Hall–Kier alpha value is -2.02. The fourth-order valence-electron chi connectivity index (χ4n) is 1.47. The molecule has 0 aliphatic carbocycles. The topological polar surface area (TPSA) is 75.1 Å². The summed E-state index contributed by atoms with van der Waals surface area (Å²) >= 11 is 3.05. The van der Waals surface area contributed by atoms with Gasteiger partial charge in [0, 0.05) is 11.9 Å². The highest BCUT2D eigenvalue weighted by Gasteiger charge is 2.11. The van der Waals surface area contributed by atoms with Crippen molar-refractivity contribution in [3.05, 3.63) is 52.3 Å². The van der Waals surface area contributed by atoms with Gasteiger partial charge in [-0.2, -0.15) is 0 Å². The van der Waals surface area contributed by atoms with Crippen LogP contribution in [0.1, 0.15) is 16.1 Å². The smallest absolute Gasteiger partial charge is 0.339 e. The molecule has 0 saturated carbocycles. The summed E-state index contributed by atoms with van der Waals surface area (Å²) in [5.74, 6) is -1.49. The van der Waals surface area contributed by atoms with Gasteiger partial charge in [-0.3, -0.25) is 0 Å². The average Bonchev–Trinajstić information content (AvgIpc) is 2.40. The monoisotopic (exact) mass is 325 g/mol. The molecule has 2 N–H and O–H groups in total. The molecule has 0 amide bonds. The second-order valence-corrected chi connectivity index (χ2v) is 4.53. The van der Waals surface area contributed by atoms with Crippen molar-refractivity contribution in [2.75, 3.05) is 5.32 Å². The lowest BCUT2D eigenvalue weighted by Gasteiger charge is -2.08. The van der Waals surface area contributed by atoms with Crippen molar-refractivity contribution in [1.82, 2.24) is 9.97 Å². The molecular formula is C12H9BrFN3O2. The minimum atomic E-state index is -1.10. The van der Waals surface area contributed by atoms with Crippen LogP contribution in [0.15, 0.2) is 35.2 Å². The van der Waals surface area contributed by atoms with Gasteiger partial charge in [-0.05, 0) is 34.1 Å². The largest absolute Gasteiger partial charge is 0.478 e. The number of aromatic nitrogens is 2. The van der Waals surface area contributed by atoms with Crippen LogP contribution in [0.25, 0.3) is 0 Å². The molecular weight excluding hydrogens is 317 g/mol. The fraction of sp³-hybridized carbons (Fsp3) is 0.0833. The lowest BCUT2D eigenvalue weighted by molar-refractivity contribution is 0.0694. The van der Waals surface area contributed by atoms with E-state index in [1.54, 1.807) is 12.1 Å². The Kier molecular flexibility index (Phi) is 4.06. The molecule has 0 bridgehead atoms. The first-order valence-electron chi connectivity index (χ1n) is 5.29. The summed E-state index contributed by atoms with van der Waals surface area (Å²) in [6.45, 7) is 0.172. The molecule has 7 heteroatoms. The third kappa shape index (κ3) is 3.25. The van der Waals surface area contributed by atoms with E-state index in [2.05, 4.69) is 31.2 Å². The number of carbonyl (C=O) groups is 1. The highest BCUT2D eigenvalue weighted by molar-refractivity contribution is 9.10. The third-order valence-electron chi connectivity index (χ3n) is 2.40. The van der Waals surface area contributed by atoms with Crippen molar-refractivity contribution >= 4 is 27.6 Å². The maximum Gasteiger partial charge on any atom is 0.339 e. The van der Waals surface area contributed by atoms with Gasteiger partial charge < -0.3 is 10.4 Å². The summed E-state index contributed by atoms with van der Waals surface area (Å²) in [5, 5.41) is 11.9. The SMILES string of the molecule is O=C(O)c1cncnc1CNc1ccc(Br)c(F)c1. The highest BCUT2D eigenvalue weighted by atomic mass is 79.9. The molecule has 5 nitrogen and oxygen atoms in total. The molecule has 0 unspecified atom stereocenters. The van der Waals surface area contributed by atoms with E-state index in [-0.39, 0.29) is 12.1 Å². The first-order chi connectivity index (χ1) is 9.08. The molecule has 1 aromatic heterocycles. The predicted molar refractivity (Wildman–Crippen MR) is 70.4 cm³/mol. The second kappa shape index (κ2) is 5.75. The van der Waals surface area contributed by atoms with Gasteiger partial charge in [0.15, 0.2) is 0 Å². The van der Waals surface area contributed by atoms with Crippen molar-refractivity contribution in [3.8, 4) is 0 Å². The molecule has 0 fully saturated rings. The third-order valence-corrected chi connectivity index (χ3v) is 3.05. The van der Waals surface area contributed by atoms with Gasteiger partial charge in [0.25, 0.3) is 0 Å². The number of nitrogens with zero attached hydrogens (tertiary/aromatic N) is 2. The Bertz CT molecular complexity index is 622. The zero-order valence-corrected chi connectivity index (χ0v) is 11.2. The zero-order valence-electron chi connectivity index (χ0n) is 9.60. The Labute approximate surface area is 116 Å². The highest BCUT2D eigenvalue weighted by Crippen LogP contribution is 2.19. The van der Waals surface area contributed by atoms with E-state index in [0.29, 0.717) is 15.9 Å². The van der Waals surface area contributed by atoms with E-state index in [9.17, 15) is 9.18 Å². The number of carboxylic acids is 1. The Morgan fingerprint density at radius 3 is 2.95 bits per heavy atom. The van der Waals surface area contributed by atoms with E-state index in [1.165, 1.54) is 18.6 Å². The van der Waals surface area contributed by atoms with Crippen LogP contribution in [-0.4, -0.2) is 21.0 Å². The van der Waals surface area contributed by atoms with Crippen molar-refractivity contribution in [2.45, 2.75) is 6.54 Å². The maximum atomic E-state index is 13.3. The number of rotatable bonds is 4. The molecule has 0 aliphatic heterocycles. The number of halogens is 2. The van der Waals surface area contributed by atoms with Gasteiger partial charge in [-0.15, -0.1) is 0 Å². The van der Waals surface area contributed by atoms with Crippen molar-refractivity contribution in [3.63, 3.8) is 0 Å². The van der Waals surface area contributed by atoms with Crippen molar-refractivity contribution < 1.29 is 14.3 Å². The Morgan fingerprint density at radius 2 is 2.26 bits per heavy atom. The number of nitrogens with one attached hydrogen (secondary N) is 1. The molecule has 1 aromatic carbocycles. The predicted octanol–water partition coefficient (Wildman–Crippen LogP) is 2.69. The number of carboxylic acid groups (broad SMARTS) is 1. The Morgan fingerprint density at radius 1 is 1.47 bits per heavy atom. The molecule has 0 saturated heterocycles. The molecule has 2 aromatic rings. The second-order valence-electron chi connectivity index (χ2n) is 3.67. The summed E-state index contributed by atoms with van der Waals surface area (Å²) in [6.07, 6.45) is 2.50. The van der Waals surface area contributed by atoms with Gasteiger partial charge in [0.1, 0.15) is 17.7 Å². The van der Waals surface area contributed by atoms with E-state index in [1.807, 2.05) is 0 Å². The van der Waals surface area contributed by atoms with Crippen molar-refractivity contribution in [1.29, 1.82) is 0 Å². The number of benzene rings is 1. The molecule has 0 aliphatic rings. The molecule has 0 radical (unpaired) electrons. The van der Waals surface area contributed by atoms with Gasteiger partial charge in [-0.25, -0.2) is 19.2 Å². The summed E-state index contributed by atoms with van der Waals surface area (Å²) in [5.41, 5.74) is 0.897. The molecule has 0 spiro atoms. The van der Waals surface area contributed by atoms with E-state index in [0.717, 1.165) is 0 Å². The Balaban J connectivity index is 2.14. The normalized spacial score (nSPS) is 10.2. The molecule has 19 heavy (non-hydrogen) atoms. The summed E-state index contributed by atoms with van der Waals surface area (Å²) in [6, 6.07) is 4.55. The molecule has 0 atom stereocenters. The summed E-state index contributed by atoms with van der Waals surface area (Å²) in [4.78, 5) is 18.5. The summed E-state index contributed by atoms with van der Waals surface area (Å²) < 4.78 is 13.7. The van der Waals surface area contributed by atoms with E-state index in [4.69, 9.17) is 5.11 Å². The van der Waals surface area contributed by atoms with Crippen LogP contribution in [0.5, 0.6) is 0 Å². The molecule has 98 valence electrons. The maximum absolute atomic E-state index is 13.3. The first kappa shape index (κ1) is 13.4. The van der Waals surface area contributed by atoms with E-state index < -0.39 is 11.8 Å². The van der Waals surface area contributed by atoms with Crippen molar-refractivity contribution in [2.24, 2.45) is 0 Å². The van der Waals surface area contributed by atoms with E-state index >= 15 is 0 Å². The number of hydrogen-bond donors (Lipinski definition) is 2. The number of aromatic carboxylic acids is 1. The number of hydrogen-bond acceptors (Lipinski definition) is 4. The fourth-order valence-corrected chi connectivity index (χ4v) is 1.71. The lowest BCUT2D eigenvalue weighted by atomic mass is 10.2. The van der Waals surface area contributed by atoms with Crippen LogP contribution < -0.4 is 5.32 Å². The van der Waals surface area contributed by atoms with Crippen LogP contribution >= 0.6 is 15.9 Å². The van der Waals surface area contributed by atoms with Gasteiger partial charge in [0.05, 0.1) is 16.7 Å². The number of anilines is 1. The first-order valence-corrected chi connectivity index (χ1v) is 6.08. The molecule has 2 rings (SSSR count). The van der Waals surface area contributed by atoms with Gasteiger partial charge in [-0.1, -0.05) is 0 Å². The van der Waals surface area contributed by atoms with Gasteiger partial charge in [0.2, 0.25) is 0 Å². The molecule has 1 heterocycles. The van der Waals surface area contributed by atoms with Gasteiger partial charge >= 0.3 is 5.97 Å². The minimum Gasteiger partial charge on any atom is -0.478 e. The zero-order chi connectivity index (χ0) is 13.8. The average molecular weight is 326 g/mol. The van der Waals surface area contributed by atoms with Crippen LogP contribution in [0, 0.1) is 5.82 Å². The lowest BCUT2D eigenvalue weighted by Crippen LogP contribution is -2.10. The standard InChI is InChI=1S/C12H9BrFN3O2/c13-9-2-1-7(3-10(9)14)16-5-11-8(12(18)19)4-15-6-17-11/h1-4,6,16H,5H2,(H,18,19). The summed E-state index contributed by atoms with van der Waals surface area (Å²) in [7, 11) is 0. The quantitative estimate of drug-likeness (QED) is 0.903. The van der Waals surface area contributed by atoms with Crippen LogP contribution in [0.3, 0.4) is 0 Å². The minimum absolute atomic E-state index is 0.0209. The van der Waals surface area contributed by atoms with Crippen LogP contribution in [0.2, 0.25) is 0 Å². The van der Waals surface area contributed by atoms with Crippen LogP contribution in [-0.2, 0) is 6.54 Å².